The lowest BCUT2D eigenvalue weighted by Gasteiger charge is -2.07. The number of carbonyl (C=O) groups is 1. The molecule has 2 aromatic heterocycles. The molecule has 0 aliphatic heterocycles. The summed E-state index contributed by atoms with van der Waals surface area (Å²) < 4.78 is 8.04. The highest BCUT2D eigenvalue weighted by Gasteiger charge is 2.28. The molecule has 1 fully saturated rings. The number of rotatable bonds is 6. The van der Waals surface area contributed by atoms with Gasteiger partial charge in [-0.15, -0.1) is 10.2 Å². The van der Waals surface area contributed by atoms with Crippen LogP contribution in [0, 0.1) is 27.7 Å². The van der Waals surface area contributed by atoms with E-state index < -0.39 is 0 Å². The Labute approximate surface area is 163 Å². The Hall–Kier alpha value is -2.34. The van der Waals surface area contributed by atoms with Gasteiger partial charge in [-0.05, 0) is 69.9 Å². The van der Waals surface area contributed by atoms with Gasteiger partial charge in [0.15, 0.2) is 5.78 Å². The number of hydrogen-bond donors (Lipinski definition) is 0. The lowest BCUT2D eigenvalue weighted by molar-refractivity contribution is 0.102. The molecular formula is C21H23N3O2S. The molecule has 1 aliphatic rings. The Morgan fingerprint density at radius 2 is 1.93 bits per heavy atom. The first-order valence-corrected chi connectivity index (χ1v) is 10.2. The maximum Gasteiger partial charge on any atom is 0.277 e. The summed E-state index contributed by atoms with van der Waals surface area (Å²) in [6.45, 7) is 8.23. The molecule has 0 saturated heterocycles. The summed E-state index contributed by atoms with van der Waals surface area (Å²) in [7, 11) is 0. The van der Waals surface area contributed by atoms with E-state index in [9.17, 15) is 4.79 Å². The van der Waals surface area contributed by atoms with Crippen molar-refractivity contribution >= 4 is 17.5 Å². The first-order valence-electron chi connectivity index (χ1n) is 9.19. The van der Waals surface area contributed by atoms with Gasteiger partial charge in [-0.1, -0.05) is 17.8 Å². The van der Waals surface area contributed by atoms with E-state index in [1.165, 1.54) is 35.7 Å². The zero-order valence-corrected chi connectivity index (χ0v) is 16.9. The van der Waals surface area contributed by atoms with Crippen LogP contribution in [0.3, 0.4) is 0 Å². The fourth-order valence-electron chi connectivity index (χ4n) is 3.42. The van der Waals surface area contributed by atoms with Gasteiger partial charge in [0.05, 0.1) is 5.75 Å². The number of thioether (sulfide) groups is 1. The molecule has 0 atom stereocenters. The van der Waals surface area contributed by atoms with Crippen LogP contribution in [-0.4, -0.2) is 26.3 Å². The van der Waals surface area contributed by atoms with E-state index in [4.69, 9.17) is 4.42 Å². The molecular weight excluding hydrogens is 358 g/mol. The molecule has 5 nitrogen and oxygen atoms in total. The van der Waals surface area contributed by atoms with Crippen LogP contribution in [0.15, 0.2) is 33.9 Å². The summed E-state index contributed by atoms with van der Waals surface area (Å²) in [5.74, 6) is 0.884. The standard InChI is InChI=1S/C21H23N3O2S/c1-12-5-6-16(9-13(12)2)20-22-23-21(26-20)27-11-19(25)18-10-14(3)24(15(18)4)17-7-8-17/h5-6,9-10,17H,7-8,11H2,1-4H3. The average molecular weight is 382 g/mol. The second-order valence-electron chi connectivity index (χ2n) is 7.27. The molecule has 1 aromatic carbocycles. The fraction of sp³-hybridized carbons (Fsp3) is 0.381. The number of Topliss-reactive ketones (excluding diaryl/α,β-unsaturated/α-hetero) is 1. The van der Waals surface area contributed by atoms with Gasteiger partial charge in [-0.25, -0.2) is 0 Å². The van der Waals surface area contributed by atoms with E-state index >= 15 is 0 Å². The van der Waals surface area contributed by atoms with Gasteiger partial charge in [0.25, 0.3) is 5.22 Å². The summed E-state index contributed by atoms with van der Waals surface area (Å²) in [6.07, 6.45) is 2.42. The van der Waals surface area contributed by atoms with Crippen molar-refractivity contribution in [2.75, 3.05) is 5.75 Å². The number of benzene rings is 1. The van der Waals surface area contributed by atoms with E-state index in [1.54, 1.807) is 0 Å². The quantitative estimate of drug-likeness (QED) is 0.440. The largest absolute Gasteiger partial charge is 0.411 e. The smallest absolute Gasteiger partial charge is 0.277 e. The van der Waals surface area contributed by atoms with Gasteiger partial charge in [-0.2, -0.15) is 0 Å². The van der Waals surface area contributed by atoms with Gasteiger partial charge in [0, 0.05) is 28.6 Å². The summed E-state index contributed by atoms with van der Waals surface area (Å²) >= 11 is 1.29. The number of hydrogen-bond acceptors (Lipinski definition) is 5. The van der Waals surface area contributed by atoms with Gasteiger partial charge in [-0.3, -0.25) is 4.79 Å². The van der Waals surface area contributed by atoms with Crippen molar-refractivity contribution in [2.24, 2.45) is 0 Å². The summed E-state index contributed by atoms with van der Waals surface area (Å²) in [4.78, 5) is 12.7. The van der Waals surface area contributed by atoms with Crippen LogP contribution in [0.4, 0.5) is 0 Å². The Bertz CT molecular complexity index is 1010. The summed E-state index contributed by atoms with van der Waals surface area (Å²) in [5, 5.41) is 8.63. The van der Waals surface area contributed by atoms with Crippen molar-refractivity contribution in [1.82, 2.24) is 14.8 Å². The Balaban J connectivity index is 1.45. The average Bonchev–Trinajstić information content (AvgIpc) is 3.27. The highest BCUT2D eigenvalue weighted by molar-refractivity contribution is 7.99. The van der Waals surface area contributed by atoms with E-state index in [0.29, 0.717) is 22.9 Å². The van der Waals surface area contributed by atoms with Crippen molar-refractivity contribution in [3.05, 3.63) is 52.3 Å². The van der Waals surface area contributed by atoms with E-state index in [0.717, 1.165) is 22.5 Å². The number of ketones is 1. The van der Waals surface area contributed by atoms with Crippen molar-refractivity contribution in [1.29, 1.82) is 0 Å². The normalized spacial score (nSPS) is 13.9. The maximum absolute atomic E-state index is 12.7. The number of aryl methyl sites for hydroxylation is 3. The Kier molecular flexibility index (Phi) is 4.68. The van der Waals surface area contributed by atoms with Crippen molar-refractivity contribution < 1.29 is 9.21 Å². The second-order valence-corrected chi connectivity index (χ2v) is 8.20. The predicted molar refractivity (Wildman–Crippen MR) is 106 cm³/mol. The van der Waals surface area contributed by atoms with Crippen LogP contribution in [0.5, 0.6) is 0 Å². The molecule has 3 aromatic rings. The molecule has 6 heteroatoms. The molecule has 4 rings (SSSR count). The lowest BCUT2D eigenvalue weighted by Crippen LogP contribution is -2.05. The lowest BCUT2D eigenvalue weighted by atomic mass is 10.1. The molecule has 0 amide bonds. The van der Waals surface area contributed by atoms with Crippen LogP contribution in [-0.2, 0) is 0 Å². The van der Waals surface area contributed by atoms with Gasteiger partial charge in [0.2, 0.25) is 5.89 Å². The maximum atomic E-state index is 12.7. The minimum absolute atomic E-state index is 0.103. The number of aromatic nitrogens is 3. The highest BCUT2D eigenvalue weighted by Crippen LogP contribution is 2.38. The van der Waals surface area contributed by atoms with Crippen LogP contribution >= 0.6 is 11.8 Å². The van der Waals surface area contributed by atoms with E-state index in [-0.39, 0.29) is 5.78 Å². The topological polar surface area (TPSA) is 60.9 Å². The third kappa shape index (κ3) is 3.58. The predicted octanol–water partition coefficient (Wildman–Crippen LogP) is 5.08. The van der Waals surface area contributed by atoms with E-state index in [2.05, 4.69) is 35.5 Å². The molecule has 0 spiro atoms. The zero-order chi connectivity index (χ0) is 19.1. The SMILES string of the molecule is Cc1ccc(-c2nnc(SCC(=O)c3cc(C)n(C4CC4)c3C)o2)cc1C. The van der Waals surface area contributed by atoms with Crippen molar-refractivity contribution in [2.45, 2.75) is 51.8 Å². The van der Waals surface area contributed by atoms with Gasteiger partial charge >= 0.3 is 0 Å². The highest BCUT2D eigenvalue weighted by atomic mass is 32.2. The first kappa shape index (κ1) is 18.0. The Morgan fingerprint density at radius 3 is 2.63 bits per heavy atom. The molecule has 1 aliphatic carbocycles. The van der Waals surface area contributed by atoms with Gasteiger partial charge < -0.3 is 8.98 Å². The van der Waals surface area contributed by atoms with Crippen LogP contribution in [0.2, 0.25) is 0 Å². The molecule has 140 valence electrons. The number of carbonyl (C=O) groups excluding carboxylic acids is 1. The third-order valence-corrected chi connectivity index (χ3v) is 6.00. The van der Waals surface area contributed by atoms with Crippen LogP contribution in [0.1, 0.15) is 51.8 Å². The first-order chi connectivity index (χ1) is 12.9. The minimum Gasteiger partial charge on any atom is -0.411 e. The van der Waals surface area contributed by atoms with Crippen molar-refractivity contribution in [3.8, 4) is 11.5 Å². The van der Waals surface area contributed by atoms with Gasteiger partial charge in [0.1, 0.15) is 0 Å². The summed E-state index contributed by atoms with van der Waals surface area (Å²) in [6, 6.07) is 8.64. The summed E-state index contributed by atoms with van der Waals surface area (Å²) in [5.41, 5.74) is 6.35. The van der Waals surface area contributed by atoms with Crippen molar-refractivity contribution in [3.63, 3.8) is 0 Å². The monoisotopic (exact) mass is 381 g/mol. The van der Waals surface area contributed by atoms with Crippen LogP contribution < -0.4 is 0 Å². The molecule has 0 N–H and O–H groups in total. The minimum atomic E-state index is 0.103. The van der Waals surface area contributed by atoms with E-state index in [1.807, 2.05) is 31.2 Å². The molecule has 0 unspecified atom stereocenters. The fourth-order valence-corrected chi connectivity index (χ4v) is 4.06. The molecule has 1 saturated carbocycles. The zero-order valence-electron chi connectivity index (χ0n) is 16.1. The second kappa shape index (κ2) is 7.00. The van der Waals surface area contributed by atoms with Crippen LogP contribution in [0.25, 0.3) is 11.5 Å². The number of nitrogens with zero attached hydrogens (tertiary/aromatic N) is 3. The Morgan fingerprint density at radius 1 is 1.15 bits per heavy atom. The molecule has 2 heterocycles. The molecule has 27 heavy (non-hydrogen) atoms. The third-order valence-electron chi connectivity index (χ3n) is 5.18. The molecule has 0 bridgehead atoms. The molecule has 0 radical (unpaired) electrons.